The summed E-state index contributed by atoms with van der Waals surface area (Å²) in [5.74, 6) is 1.94. The van der Waals surface area contributed by atoms with Crippen molar-refractivity contribution in [1.82, 2.24) is 0 Å². The van der Waals surface area contributed by atoms with Gasteiger partial charge in [-0.25, -0.2) is 0 Å². The standard InChI is InChI=1S/C17H18O3/c1-19-14-8-5-12(6-9-14)11-20-16-4-2-3-13-7-10-15(18)17(13)16/h2-5,8H,6-7,9-11H2,1H3. The fraction of sp³-hybridized carbons (Fsp3) is 0.353. The number of hydrogen-bond donors (Lipinski definition) is 0. The molecule has 0 fully saturated rings. The number of fused-ring (bicyclic) bond motifs is 1. The Bertz CT molecular complexity index is 596. The summed E-state index contributed by atoms with van der Waals surface area (Å²) in [6.45, 7) is 0.539. The van der Waals surface area contributed by atoms with Crippen molar-refractivity contribution in [3.8, 4) is 5.75 Å². The van der Waals surface area contributed by atoms with Gasteiger partial charge in [-0.15, -0.1) is 0 Å². The predicted octanol–water partition coefficient (Wildman–Crippen LogP) is 3.44. The van der Waals surface area contributed by atoms with E-state index >= 15 is 0 Å². The first-order valence-electron chi connectivity index (χ1n) is 6.98. The molecule has 0 N–H and O–H groups in total. The van der Waals surface area contributed by atoms with Crippen molar-refractivity contribution in [2.75, 3.05) is 13.7 Å². The number of ether oxygens (including phenoxy) is 2. The molecule has 0 saturated carbocycles. The summed E-state index contributed by atoms with van der Waals surface area (Å²) in [6.07, 6.45) is 7.35. The van der Waals surface area contributed by atoms with Gasteiger partial charge in [0, 0.05) is 12.8 Å². The summed E-state index contributed by atoms with van der Waals surface area (Å²) in [5.41, 5.74) is 3.14. The Morgan fingerprint density at radius 3 is 2.75 bits per heavy atom. The lowest BCUT2D eigenvalue weighted by atomic mass is 10.0. The van der Waals surface area contributed by atoms with E-state index in [4.69, 9.17) is 9.47 Å². The first kappa shape index (κ1) is 13.0. The van der Waals surface area contributed by atoms with Crippen LogP contribution in [0.4, 0.5) is 0 Å². The summed E-state index contributed by atoms with van der Waals surface area (Å²) in [7, 11) is 1.69. The molecule has 0 unspecified atom stereocenters. The van der Waals surface area contributed by atoms with Crippen LogP contribution in [0.25, 0.3) is 0 Å². The number of methoxy groups -OCH3 is 1. The number of hydrogen-bond acceptors (Lipinski definition) is 3. The van der Waals surface area contributed by atoms with Gasteiger partial charge in [0.2, 0.25) is 0 Å². The minimum absolute atomic E-state index is 0.204. The molecule has 2 aliphatic rings. The van der Waals surface area contributed by atoms with E-state index in [1.165, 1.54) is 5.57 Å². The van der Waals surface area contributed by atoms with Crippen molar-refractivity contribution in [3.63, 3.8) is 0 Å². The largest absolute Gasteiger partial charge is 0.501 e. The lowest BCUT2D eigenvalue weighted by Crippen LogP contribution is -2.07. The van der Waals surface area contributed by atoms with E-state index in [1.807, 2.05) is 30.4 Å². The Hall–Kier alpha value is -2.03. The minimum atomic E-state index is 0.204. The van der Waals surface area contributed by atoms with E-state index in [-0.39, 0.29) is 5.78 Å². The number of rotatable bonds is 4. The smallest absolute Gasteiger partial charge is 0.167 e. The Labute approximate surface area is 118 Å². The molecule has 1 aromatic carbocycles. The van der Waals surface area contributed by atoms with Gasteiger partial charge in [0.15, 0.2) is 5.78 Å². The quantitative estimate of drug-likeness (QED) is 0.840. The third-order valence-corrected chi connectivity index (χ3v) is 3.89. The zero-order valence-corrected chi connectivity index (χ0v) is 11.6. The van der Waals surface area contributed by atoms with Crippen LogP contribution in [0.15, 0.2) is 41.7 Å². The van der Waals surface area contributed by atoms with Gasteiger partial charge in [-0.3, -0.25) is 4.79 Å². The number of aryl methyl sites for hydroxylation is 1. The van der Waals surface area contributed by atoms with Crippen LogP contribution < -0.4 is 4.74 Å². The van der Waals surface area contributed by atoms with E-state index in [1.54, 1.807) is 7.11 Å². The van der Waals surface area contributed by atoms with E-state index in [0.29, 0.717) is 13.0 Å². The highest BCUT2D eigenvalue weighted by molar-refractivity contribution is 6.02. The van der Waals surface area contributed by atoms with Gasteiger partial charge < -0.3 is 9.47 Å². The second kappa shape index (κ2) is 5.53. The van der Waals surface area contributed by atoms with Gasteiger partial charge in [0.1, 0.15) is 12.4 Å². The molecule has 3 heteroatoms. The molecule has 3 rings (SSSR count). The molecule has 0 spiro atoms. The number of ketones is 1. The SMILES string of the molecule is COC1=CC=C(COc2cccc3c2C(=O)CC3)CC1. The van der Waals surface area contributed by atoms with Crippen molar-refractivity contribution in [2.45, 2.75) is 25.7 Å². The fourth-order valence-corrected chi connectivity index (χ4v) is 2.72. The topological polar surface area (TPSA) is 35.5 Å². The summed E-state index contributed by atoms with van der Waals surface area (Å²) >= 11 is 0. The Morgan fingerprint density at radius 1 is 1.10 bits per heavy atom. The van der Waals surface area contributed by atoms with E-state index < -0.39 is 0 Å². The maximum Gasteiger partial charge on any atom is 0.167 e. The van der Waals surface area contributed by atoms with Crippen molar-refractivity contribution >= 4 is 5.78 Å². The average molecular weight is 270 g/mol. The van der Waals surface area contributed by atoms with Crippen LogP contribution in [0.5, 0.6) is 5.75 Å². The zero-order chi connectivity index (χ0) is 13.9. The van der Waals surface area contributed by atoms with Crippen LogP contribution in [0, 0.1) is 0 Å². The van der Waals surface area contributed by atoms with Gasteiger partial charge in [-0.1, -0.05) is 18.2 Å². The minimum Gasteiger partial charge on any atom is -0.501 e. The summed E-state index contributed by atoms with van der Waals surface area (Å²) in [6, 6.07) is 5.87. The Balaban J connectivity index is 1.71. The van der Waals surface area contributed by atoms with Gasteiger partial charge in [-0.05, 0) is 36.1 Å². The second-order valence-electron chi connectivity index (χ2n) is 5.16. The average Bonchev–Trinajstić information content (AvgIpc) is 2.88. The maximum atomic E-state index is 11.9. The highest BCUT2D eigenvalue weighted by Gasteiger charge is 2.23. The molecule has 0 bridgehead atoms. The molecule has 0 aromatic heterocycles. The van der Waals surface area contributed by atoms with Gasteiger partial charge in [0.25, 0.3) is 0 Å². The molecular weight excluding hydrogens is 252 g/mol. The molecule has 104 valence electrons. The highest BCUT2D eigenvalue weighted by atomic mass is 16.5. The van der Waals surface area contributed by atoms with Crippen molar-refractivity contribution in [3.05, 3.63) is 52.8 Å². The first-order chi connectivity index (χ1) is 9.78. The third kappa shape index (κ3) is 2.48. The highest BCUT2D eigenvalue weighted by Crippen LogP contribution is 2.31. The molecule has 3 nitrogen and oxygen atoms in total. The molecule has 2 aliphatic carbocycles. The molecule has 0 heterocycles. The molecule has 0 saturated heterocycles. The summed E-state index contributed by atoms with van der Waals surface area (Å²) < 4.78 is 11.1. The normalized spacial score (nSPS) is 17.4. The lowest BCUT2D eigenvalue weighted by molar-refractivity contribution is 0.0991. The van der Waals surface area contributed by atoms with Crippen molar-refractivity contribution < 1.29 is 14.3 Å². The number of allylic oxidation sites excluding steroid dienone is 3. The lowest BCUT2D eigenvalue weighted by Gasteiger charge is -2.15. The van der Waals surface area contributed by atoms with Crippen LogP contribution in [-0.4, -0.2) is 19.5 Å². The van der Waals surface area contributed by atoms with Crippen LogP contribution in [-0.2, 0) is 11.2 Å². The van der Waals surface area contributed by atoms with Crippen LogP contribution in [0.1, 0.15) is 35.2 Å². The Morgan fingerprint density at radius 2 is 2.00 bits per heavy atom. The van der Waals surface area contributed by atoms with Gasteiger partial charge >= 0.3 is 0 Å². The Kier molecular flexibility index (Phi) is 3.59. The van der Waals surface area contributed by atoms with E-state index in [0.717, 1.165) is 41.9 Å². The molecular formula is C17H18O3. The van der Waals surface area contributed by atoms with E-state index in [2.05, 4.69) is 0 Å². The third-order valence-electron chi connectivity index (χ3n) is 3.89. The number of Topliss-reactive ketones (excluding diaryl/α,β-unsaturated/α-hetero) is 1. The van der Waals surface area contributed by atoms with Gasteiger partial charge in [0.05, 0.1) is 18.4 Å². The number of benzene rings is 1. The van der Waals surface area contributed by atoms with Crippen LogP contribution in [0.2, 0.25) is 0 Å². The second-order valence-corrected chi connectivity index (χ2v) is 5.16. The van der Waals surface area contributed by atoms with E-state index in [9.17, 15) is 4.79 Å². The maximum absolute atomic E-state index is 11.9. The summed E-state index contributed by atoms with van der Waals surface area (Å²) in [4.78, 5) is 11.9. The fourth-order valence-electron chi connectivity index (χ4n) is 2.72. The van der Waals surface area contributed by atoms with Crippen LogP contribution >= 0.6 is 0 Å². The van der Waals surface area contributed by atoms with Gasteiger partial charge in [-0.2, -0.15) is 0 Å². The molecule has 0 radical (unpaired) electrons. The molecule has 0 aliphatic heterocycles. The molecule has 0 amide bonds. The monoisotopic (exact) mass is 270 g/mol. The zero-order valence-electron chi connectivity index (χ0n) is 11.6. The number of carbonyl (C=O) groups excluding carboxylic acids is 1. The first-order valence-corrected chi connectivity index (χ1v) is 6.98. The van der Waals surface area contributed by atoms with Crippen molar-refractivity contribution in [1.29, 1.82) is 0 Å². The number of carbonyl (C=O) groups is 1. The predicted molar refractivity (Wildman–Crippen MR) is 77.0 cm³/mol. The summed E-state index contributed by atoms with van der Waals surface area (Å²) in [5, 5.41) is 0. The molecule has 0 atom stereocenters. The molecule has 20 heavy (non-hydrogen) atoms. The van der Waals surface area contributed by atoms with Crippen LogP contribution in [0.3, 0.4) is 0 Å². The van der Waals surface area contributed by atoms with Crippen molar-refractivity contribution in [2.24, 2.45) is 0 Å². The molecule has 1 aromatic rings.